The molecular formula is C17H26N4. The minimum absolute atomic E-state index is 0.355. The van der Waals surface area contributed by atoms with Crippen molar-refractivity contribution in [2.45, 2.75) is 70.5 Å². The smallest absolute Gasteiger partial charge is 0.149 e. The molecule has 0 saturated heterocycles. The van der Waals surface area contributed by atoms with Gasteiger partial charge < -0.3 is 9.88 Å². The Kier molecular flexibility index (Phi) is 2.73. The molecule has 0 spiro atoms. The molecule has 2 bridgehead atoms. The number of aromatic nitrogens is 3. The van der Waals surface area contributed by atoms with Crippen LogP contribution in [0, 0.1) is 23.7 Å². The summed E-state index contributed by atoms with van der Waals surface area (Å²) in [5.74, 6) is 6.47. The maximum absolute atomic E-state index is 4.46. The van der Waals surface area contributed by atoms with Crippen molar-refractivity contribution in [3.05, 3.63) is 11.6 Å². The summed E-state index contributed by atoms with van der Waals surface area (Å²) in [5.41, 5.74) is 0. The Balaban J connectivity index is 1.32. The van der Waals surface area contributed by atoms with Crippen LogP contribution in [0.2, 0.25) is 0 Å². The zero-order valence-corrected chi connectivity index (χ0v) is 13.0. The first-order valence-electron chi connectivity index (χ1n) is 8.99. The Morgan fingerprint density at radius 1 is 1.10 bits per heavy atom. The zero-order valence-electron chi connectivity index (χ0n) is 13.0. The summed E-state index contributed by atoms with van der Waals surface area (Å²) in [5, 5.41) is 12.8. The molecule has 3 saturated carbocycles. The molecule has 4 aliphatic rings. The number of aryl methyl sites for hydroxylation is 1. The molecule has 114 valence electrons. The largest absolute Gasteiger partial charge is 0.314 e. The van der Waals surface area contributed by atoms with Crippen LogP contribution < -0.4 is 5.32 Å². The summed E-state index contributed by atoms with van der Waals surface area (Å²) < 4.78 is 2.35. The minimum Gasteiger partial charge on any atom is -0.314 e. The van der Waals surface area contributed by atoms with Gasteiger partial charge in [0, 0.05) is 19.0 Å². The maximum Gasteiger partial charge on any atom is 0.149 e. The summed E-state index contributed by atoms with van der Waals surface area (Å²) in [6.07, 6.45) is 9.77. The van der Waals surface area contributed by atoms with Crippen molar-refractivity contribution in [1.82, 2.24) is 20.1 Å². The predicted octanol–water partition coefficient (Wildman–Crippen LogP) is 2.70. The van der Waals surface area contributed by atoms with Gasteiger partial charge in [-0.1, -0.05) is 6.42 Å². The highest BCUT2D eigenvalue weighted by atomic mass is 15.3. The fourth-order valence-electron chi connectivity index (χ4n) is 6.15. The highest BCUT2D eigenvalue weighted by molar-refractivity contribution is 5.09. The van der Waals surface area contributed by atoms with Crippen LogP contribution in [0.5, 0.6) is 0 Å². The normalized spacial score (nSPS) is 41.5. The van der Waals surface area contributed by atoms with E-state index in [0.717, 1.165) is 42.7 Å². The van der Waals surface area contributed by atoms with E-state index in [4.69, 9.17) is 0 Å². The number of fused-ring (bicyclic) bond motifs is 6. The van der Waals surface area contributed by atoms with Gasteiger partial charge in [0.1, 0.15) is 11.6 Å². The van der Waals surface area contributed by atoms with E-state index in [9.17, 15) is 0 Å². The van der Waals surface area contributed by atoms with Crippen LogP contribution >= 0.6 is 0 Å². The molecule has 6 atom stereocenters. The summed E-state index contributed by atoms with van der Waals surface area (Å²) >= 11 is 0. The van der Waals surface area contributed by atoms with Crippen molar-refractivity contribution in [3.8, 4) is 0 Å². The second-order valence-electron chi connectivity index (χ2n) is 7.88. The molecule has 1 aromatic heterocycles. The van der Waals surface area contributed by atoms with Gasteiger partial charge in [-0.15, -0.1) is 10.2 Å². The van der Waals surface area contributed by atoms with E-state index in [2.05, 4.69) is 27.0 Å². The maximum atomic E-state index is 4.46. The zero-order chi connectivity index (χ0) is 14.0. The van der Waals surface area contributed by atoms with E-state index >= 15 is 0 Å². The van der Waals surface area contributed by atoms with E-state index < -0.39 is 0 Å². The number of hydrogen-bond acceptors (Lipinski definition) is 3. The van der Waals surface area contributed by atoms with E-state index in [1.807, 2.05) is 0 Å². The second-order valence-corrected chi connectivity index (χ2v) is 7.88. The molecule has 0 aromatic carbocycles. The topological polar surface area (TPSA) is 42.7 Å². The molecule has 1 N–H and O–H groups in total. The monoisotopic (exact) mass is 286 g/mol. The van der Waals surface area contributed by atoms with Crippen LogP contribution in [0.1, 0.15) is 63.1 Å². The Bertz CT molecular complexity index is 551. The van der Waals surface area contributed by atoms with Crippen molar-refractivity contribution >= 4 is 0 Å². The SMILES string of the molecule is CC(NC1CC2CC1C1CCCC21)c1nnc2n1CCC2. The van der Waals surface area contributed by atoms with Gasteiger partial charge in [0.25, 0.3) is 0 Å². The first kappa shape index (κ1) is 12.6. The van der Waals surface area contributed by atoms with Gasteiger partial charge in [-0.2, -0.15) is 0 Å². The molecule has 5 rings (SSSR count). The fourth-order valence-corrected chi connectivity index (χ4v) is 6.15. The molecule has 3 aliphatic carbocycles. The van der Waals surface area contributed by atoms with E-state index in [1.54, 1.807) is 0 Å². The van der Waals surface area contributed by atoms with Crippen LogP contribution in [-0.2, 0) is 13.0 Å². The third-order valence-corrected chi connectivity index (χ3v) is 6.92. The highest BCUT2D eigenvalue weighted by Gasteiger charge is 2.53. The van der Waals surface area contributed by atoms with Crippen LogP contribution in [0.4, 0.5) is 0 Å². The third-order valence-electron chi connectivity index (χ3n) is 6.92. The summed E-state index contributed by atoms with van der Waals surface area (Å²) in [7, 11) is 0. The molecule has 21 heavy (non-hydrogen) atoms. The van der Waals surface area contributed by atoms with Gasteiger partial charge in [-0.3, -0.25) is 0 Å². The molecular weight excluding hydrogens is 260 g/mol. The van der Waals surface area contributed by atoms with Crippen LogP contribution in [-0.4, -0.2) is 20.8 Å². The lowest BCUT2D eigenvalue weighted by molar-refractivity contribution is 0.198. The molecule has 6 unspecified atom stereocenters. The summed E-state index contributed by atoms with van der Waals surface area (Å²) in [6, 6.07) is 1.09. The summed E-state index contributed by atoms with van der Waals surface area (Å²) in [6.45, 7) is 3.40. The Morgan fingerprint density at radius 3 is 2.95 bits per heavy atom. The van der Waals surface area contributed by atoms with Gasteiger partial charge in [0.05, 0.1) is 6.04 Å². The van der Waals surface area contributed by atoms with E-state index in [0.29, 0.717) is 6.04 Å². The van der Waals surface area contributed by atoms with Gasteiger partial charge in [-0.25, -0.2) is 0 Å². The van der Waals surface area contributed by atoms with Crippen molar-refractivity contribution in [2.75, 3.05) is 0 Å². The number of hydrogen-bond donors (Lipinski definition) is 1. The standard InChI is InChI=1S/C17H26N4/c1-10(17-20-19-16-6-3-7-21(16)17)18-15-9-11-8-14(15)13-5-2-4-12(11)13/h10-15,18H,2-9H2,1H3. The molecule has 1 aliphatic heterocycles. The average Bonchev–Trinajstić information content (AvgIpc) is 3.22. The number of rotatable bonds is 3. The first-order chi connectivity index (χ1) is 10.3. The lowest BCUT2D eigenvalue weighted by atomic mass is 9.79. The minimum atomic E-state index is 0.355. The quantitative estimate of drug-likeness (QED) is 0.929. The Labute approximate surface area is 126 Å². The lowest BCUT2D eigenvalue weighted by Crippen LogP contribution is -2.41. The molecule has 1 aromatic rings. The van der Waals surface area contributed by atoms with Crippen molar-refractivity contribution < 1.29 is 0 Å². The van der Waals surface area contributed by atoms with E-state index in [1.165, 1.54) is 50.2 Å². The molecule has 2 heterocycles. The highest BCUT2D eigenvalue weighted by Crippen LogP contribution is 2.58. The first-order valence-corrected chi connectivity index (χ1v) is 8.99. The molecule has 0 amide bonds. The molecule has 4 nitrogen and oxygen atoms in total. The predicted molar refractivity (Wildman–Crippen MR) is 80.7 cm³/mol. The van der Waals surface area contributed by atoms with Crippen LogP contribution in [0.15, 0.2) is 0 Å². The molecule has 3 fully saturated rings. The van der Waals surface area contributed by atoms with Gasteiger partial charge >= 0.3 is 0 Å². The third kappa shape index (κ3) is 1.77. The van der Waals surface area contributed by atoms with Crippen LogP contribution in [0.25, 0.3) is 0 Å². The van der Waals surface area contributed by atoms with Crippen LogP contribution in [0.3, 0.4) is 0 Å². The second kappa shape index (κ2) is 4.55. The number of nitrogens with one attached hydrogen (secondary N) is 1. The van der Waals surface area contributed by atoms with Crippen molar-refractivity contribution in [2.24, 2.45) is 23.7 Å². The van der Waals surface area contributed by atoms with E-state index in [-0.39, 0.29) is 0 Å². The Morgan fingerprint density at radius 2 is 2.00 bits per heavy atom. The Hall–Kier alpha value is -0.900. The van der Waals surface area contributed by atoms with Gasteiger partial charge in [0.15, 0.2) is 0 Å². The fraction of sp³-hybridized carbons (Fsp3) is 0.882. The van der Waals surface area contributed by atoms with Crippen molar-refractivity contribution in [3.63, 3.8) is 0 Å². The van der Waals surface area contributed by atoms with Gasteiger partial charge in [0.2, 0.25) is 0 Å². The molecule has 0 radical (unpaired) electrons. The van der Waals surface area contributed by atoms with Gasteiger partial charge in [-0.05, 0) is 62.7 Å². The molecule has 4 heteroatoms. The average molecular weight is 286 g/mol. The lowest BCUT2D eigenvalue weighted by Gasteiger charge is -2.33. The number of nitrogens with zero attached hydrogens (tertiary/aromatic N) is 3. The summed E-state index contributed by atoms with van der Waals surface area (Å²) in [4.78, 5) is 0. The van der Waals surface area contributed by atoms with Crippen molar-refractivity contribution in [1.29, 1.82) is 0 Å².